The first-order valence-electron chi connectivity index (χ1n) is 9.11. The summed E-state index contributed by atoms with van der Waals surface area (Å²) in [5.41, 5.74) is 6.42. The molecule has 0 aliphatic heterocycles. The highest BCUT2D eigenvalue weighted by molar-refractivity contribution is 5.87. The van der Waals surface area contributed by atoms with Gasteiger partial charge in [0, 0.05) is 11.8 Å². The number of ether oxygens (including phenoxy) is 3. The van der Waals surface area contributed by atoms with Gasteiger partial charge in [-0.3, -0.25) is 0 Å². The summed E-state index contributed by atoms with van der Waals surface area (Å²) in [6.07, 6.45) is 3.65. The Morgan fingerprint density at radius 1 is 0.966 bits per heavy atom. The lowest BCUT2D eigenvalue weighted by Gasteiger charge is -2.06. The number of nitrogens with two attached hydrogens (primary N) is 1. The number of rotatable bonds is 10. The number of carboxylic acids is 1. The molecule has 0 atom stereocenters. The number of nitrogen functional groups attached to an aromatic ring is 1. The van der Waals surface area contributed by atoms with Gasteiger partial charge in [-0.25, -0.2) is 9.59 Å². The van der Waals surface area contributed by atoms with Crippen LogP contribution in [0, 0.1) is 0 Å². The van der Waals surface area contributed by atoms with E-state index in [-0.39, 0.29) is 5.56 Å². The number of hydrogen-bond donors (Lipinski definition) is 2. The number of hydrogen-bond acceptors (Lipinski definition) is 6. The van der Waals surface area contributed by atoms with Gasteiger partial charge in [0.15, 0.2) is 0 Å². The normalized spacial score (nSPS) is 9.55. The molecule has 0 aromatic heterocycles. The number of aromatic carboxylic acids is 1. The van der Waals surface area contributed by atoms with Crippen molar-refractivity contribution >= 4 is 17.6 Å². The van der Waals surface area contributed by atoms with Crippen LogP contribution in [-0.2, 0) is 9.53 Å². The van der Waals surface area contributed by atoms with Gasteiger partial charge in [0.2, 0.25) is 0 Å². The summed E-state index contributed by atoms with van der Waals surface area (Å²) in [5.74, 6) is 0.127. The lowest BCUT2D eigenvalue weighted by molar-refractivity contribution is -0.137. The summed E-state index contributed by atoms with van der Waals surface area (Å²) in [7, 11) is 1.63. The van der Waals surface area contributed by atoms with E-state index in [4.69, 9.17) is 25.1 Å². The summed E-state index contributed by atoms with van der Waals surface area (Å²) in [6, 6.07) is 13.5. The van der Waals surface area contributed by atoms with E-state index in [1.165, 1.54) is 12.1 Å². The Bertz CT molecular complexity index is 756. The molecule has 7 heteroatoms. The first kappa shape index (κ1) is 23.6. The van der Waals surface area contributed by atoms with Crippen molar-refractivity contribution in [3.8, 4) is 11.5 Å². The van der Waals surface area contributed by atoms with Crippen molar-refractivity contribution in [2.45, 2.75) is 19.3 Å². The zero-order chi connectivity index (χ0) is 21.5. The van der Waals surface area contributed by atoms with Crippen molar-refractivity contribution in [3.05, 3.63) is 66.7 Å². The molecule has 0 bridgehead atoms. The van der Waals surface area contributed by atoms with E-state index in [0.29, 0.717) is 19.0 Å². The van der Waals surface area contributed by atoms with Crippen LogP contribution in [0.3, 0.4) is 0 Å². The molecule has 0 aliphatic rings. The molecule has 0 saturated carbocycles. The molecule has 3 N–H and O–H groups in total. The van der Waals surface area contributed by atoms with E-state index >= 15 is 0 Å². The summed E-state index contributed by atoms with van der Waals surface area (Å²) < 4.78 is 15.2. The molecular weight excluding hydrogens is 374 g/mol. The predicted octanol–water partition coefficient (Wildman–Crippen LogP) is 3.94. The minimum atomic E-state index is -0.953. The second kappa shape index (κ2) is 13.7. The lowest BCUT2D eigenvalue weighted by atomic mass is 10.2. The maximum Gasteiger partial charge on any atom is 0.335 e. The highest BCUT2D eigenvalue weighted by Gasteiger charge is 2.02. The van der Waals surface area contributed by atoms with Crippen LogP contribution in [0.25, 0.3) is 0 Å². The summed E-state index contributed by atoms with van der Waals surface area (Å²) >= 11 is 0. The Labute approximate surface area is 170 Å². The quantitative estimate of drug-likeness (QED) is 0.269. The zero-order valence-electron chi connectivity index (χ0n) is 16.5. The fraction of sp³-hybridized carbons (Fsp3) is 0.273. The monoisotopic (exact) mass is 401 g/mol. The first-order valence-corrected chi connectivity index (χ1v) is 9.11. The summed E-state index contributed by atoms with van der Waals surface area (Å²) in [5, 5.41) is 8.75. The van der Waals surface area contributed by atoms with Gasteiger partial charge in [-0.1, -0.05) is 6.58 Å². The first-order chi connectivity index (χ1) is 14.0. The van der Waals surface area contributed by atoms with Gasteiger partial charge in [-0.2, -0.15) is 0 Å². The number of carboxylic acid groups (broad SMARTS) is 1. The number of carbonyl (C=O) groups is 2. The van der Waals surface area contributed by atoms with Gasteiger partial charge in [0.25, 0.3) is 0 Å². The standard InChI is InChI=1S/C15H18O5.C7H9NO/c1-2-14(16)20-11-5-3-4-10-19-13-8-6-12(7-9-13)15(17)18;1-9-7-4-2-6(8)3-5-7/h2,6-9H,1,3-5,10-11H2,(H,17,18);2-5H,8H2,1H3. The van der Waals surface area contributed by atoms with Gasteiger partial charge in [-0.15, -0.1) is 0 Å². The average molecular weight is 401 g/mol. The third-order valence-electron chi connectivity index (χ3n) is 3.69. The molecule has 7 nitrogen and oxygen atoms in total. The van der Waals surface area contributed by atoms with Crippen LogP contribution in [0.2, 0.25) is 0 Å². The second-order valence-corrected chi connectivity index (χ2v) is 5.88. The maximum atomic E-state index is 10.8. The Kier molecular flexibility index (Phi) is 11.1. The van der Waals surface area contributed by atoms with Crippen LogP contribution in [0.5, 0.6) is 11.5 Å². The molecule has 0 spiro atoms. The number of benzene rings is 2. The molecule has 0 unspecified atom stereocenters. The van der Waals surface area contributed by atoms with Crippen molar-refractivity contribution in [3.63, 3.8) is 0 Å². The molecule has 0 fully saturated rings. The van der Waals surface area contributed by atoms with Crippen molar-refractivity contribution in [2.24, 2.45) is 0 Å². The molecule has 0 aliphatic carbocycles. The third-order valence-corrected chi connectivity index (χ3v) is 3.69. The average Bonchev–Trinajstić information content (AvgIpc) is 2.74. The molecule has 2 rings (SSSR count). The molecule has 2 aromatic rings. The van der Waals surface area contributed by atoms with E-state index in [9.17, 15) is 9.59 Å². The van der Waals surface area contributed by atoms with Gasteiger partial charge in [-0.05, 0) is 67.8 Å². The van der Waals surface area contributed by atoms with E-state index in [1.54, 1.807) is 31.4 Å². The van der Waals surface area contributed by atoms with Crippen LogP contribution < -0.4 is 15.2 Å². The van der Waals surface area contributed by atoms with Gasteiger partial charge in [0.05, 0.1) is 25.9 Å². The lowest BCUT2D eigenvalue weighted by Crippen LogP contribution is -2.03. The molecule has 0 amide bonds. The topological polar surface area (TPSA) is 108 Å². The SMILES string of the molecule is C=CC(=O)OCCCCCOc1ccc(C(=O)O)cc1.COc1ccc(N)cc1. The van der Waals surface area contributed by atoms with Crippen molar-refractivity contribution in [1.82, 2.24) is 0 Å². The van der Waals surface area contributed by atoms with Crippen LogP contribution >= 0.6 is 0 Å². The number of anilines is 1. The molecular formula is C22H27NO6. The zero-order valence-corrected chi connectivity index (χ0v) is 16.5. The number of esters is 1. The summed E-state index contributed by atoms with van der Waals surface area (Å²) in [6.45, 7) is 4.24. The van der Waals surface area contributed by atoms with Crippen LogP contribution in [-0.4, -0.2) is 37.4 Å². The highest BCUT2D eigenvalue weighted by atomic mass is 16.5. The van der Waals surface area contributed by atoms with Gasteiger partial charge < -0.3 is 25.1 Å². The fourth-order valence-corrected chi connectivity index (χ4v) is 2.10. The largest absolute Gasteiger partial charge is 0.497 e. The third kappa shape index (κ3) is 10.4. The molecule has 29 heavy (non-hydrogen) atoms. The fourth-order valence-electron chi connectivity index (χ4n) is 2.10. The Morgan fingerprint density at radius 2 is 1.55 bits per heavy atom. The second-order valence-electron chi connectivity index (χ2n) is 5.88. The minimum absolute atomic E-state index is 0.237. The molecule has 0 radical (unpaired) electrons. The smallest absolute Gasteiger partial charge is 0.335 e. The Morgan fingerprint density at radius 3 is 2.10 bits per heavy atom. The van der Waals surface area contributed by atoms with E-state index in [2.05, 4.69) is 6.58 Å². The number of carbonyl (C=O) groups excluding carboxylic acids is 1. The van der Waals surface area contributed by atoms with E-state index in [0.717, 1.165) is 36.8 Å². The summed E-state index contributed by atoms with van der Waals surface area (Å²) in [4.78, 5) is 21.4. The Balaban J connectivity index is 0.000000387. The van der Waals surface area contributed by atoms with Crippen LogP contribution in [0.4, 0.5) is 5.69 Å². The van der Waals surface area contributed by atoms with Crippen molar-refractivity contribution in [2.75, 3.05) is 26.1 Å². The van der Waals surface area contributed by atoms with E-state index < -0.39 is 11.9 Å². The van der Waals surface area contributed by atoms with Crippen LogP contribution in [0.1, 0.15) is 29.6 Å². The van der Waals surface area contributed by atoms with Crippen LogP contribution in [0.15, 0.2) is 61.2 Å². The van der Waals surface area contributed by atoms with E-state index in [1.807, 2.05) is 12.1 Å². The number of unbranched alkanes of at least 4 members (excludes halogenated alkanes) is 2. The van der Waals surface area contributed by atoms with Gasteiger partial charge >= 0.3 is 11.9 Å². The minimum Gasteiger partial charge on any atom is -0.497 e. The van der Waals surface area contributed by atoms with Crippen molar-refractivity contribution in [1.29, 1.82) is 0 Å². The highest BCUT2D eigenvalue weighted by Crippen LogP contribution is 2.13. The van der Waals surface area contributed by atoms with Gasteiger partial charge in [0.1, 0.15) is 11.5 Å². The molecule has 156 valence electrons. The molecule has 0 heterocycles. The Hall–Kier alpha value is -3.48. The predicted molar refractivity (Wildman–Crippen MR) is 111 cm³/mol. The molecule has 0 saturated heterocycles. The van der Waals surface area contributed by atoms with Crippen molar-refractivity contribution < 1.29 is 28.9 Å². The maximum absolute atomic E-state index is 10.8. The number of methoxy groups -OCH3 is 1. The molecule has 2 aromatic carbocycles.